The molecule has 98 valence electrons. The Balaban J connectivity index is 1.83. The summed E-state index contributed by atoms with van der Waals surface area (Å²) in [6, 6.07) is 8.12. The lowest BCUT2D eigenvalue weighted by Gasteiger charge is -2.14. The van der Waals surface area contributed by atoms with Crippen molar-refractivity contribution in [1.29, 1.82) is 0 Å². The number of carbonyl (C=O) groups is 1. The maximum atomic E-state index is 10.9. The molecular formula is C14H19NO3. The van der Waals surface area contributed by atoms with E-state index in [0.717, 1.165) is 18.6 Å². The van der Waals surface area contributed by atoms with E-state index < -0.39 is 0 Å². The van der Waals surface area contributed by atoms with E-state index in [1.807, 2.05) is 12.1 Å². The number of benzene rings is 1. The number of nitrogens with one attached hydrogen (secondary N) is 1. The predicted molar refractivity (Wildman–Crippen MR) is 68.9 cm³/mol. The molecule has 1 saturated heterocycles. The van der Waals surface area contributed by atoms with Gasteiger partial charge in [0.15, 0.2) is 0 Å². The molecular weight excluding hydrogens is 230 g/mol. The van der Waals surface area contributed by atoms with Crippen molar-refractivity contribution in [3.05, 3.63) is 29.8 Å². The van der Waals surface area contributed by atoms with E-state index >= 15 is 0 Å². The van der Waals surface area contributed by atoms with Crippen molar-refractivity contribution in [2.75, 3.05) is 13.7 Å². The molecule has 0 aromatic heterocycles. The zero-order valence-corrected chi connectivity index (χ0v) is 10.8. The Kier molecular flexibility index (Phi) is 4.07. The molecule has 2 rings (SSSR count). The minimum atomic E-state index is -0.294. The summed E-state index contributed by atoms with van der Waals surface area (Å²) in [5.41, 5.74) is 1.29. The van der Waals surface area contributed by atoms with Gasteiger partial charge in [-0.25, -0.2) is 4.79 Å². The molecule has 0 saturated carbocycles. The van der Waals surface area contributed by atoms with Crippen LogP contribution in [0.25, 0.3) is 0 Å². The highest BCUT2D eigenvalue weighted by molar-refractivity contribution is 5.69. The Labute approximate surface area is 107 Å². The predicted octanol–water partition coefficient (Wildman–Crippen LogP) is 2.69. The molecule has 1 N–H and O–H groups in total. The lowest BCUT2D eigenvalue weighted by Crippen LogP contribution is -2.15. The highest BCUT2D eigenvalue weighted by Crippen LogP contribution is 2.24. The van der Waals surface area contributed by atoms with Crippen LogP contribution in [0.1, 0.15) is 31.2 Å². The second-order valence-electron chi connectivity index (χ2n) is 4.66. The third-order valence-corrected chi connectivity index (χ3v) is 3.35. The van der Waals surface area contributed by atoms with Crippen molar-refractivity contribution in [2.24, 2.45) is 0 Å². The van der Waals surface area contributed by atoms with E-state index in [1.165, 1.54) is 5.56 Å². The molecule has 1 amide bonds. The summed E-state index contributed by atoms with van der Waals surface area (Å²) >= 11 is 0. The Hall–Kier alpha value is -1.71. The van der Waals surface area contributed by atoms with Gasteiger partial charge in [-0.3, -0.25) is 0 Å². The van der Waals surface area contributed by atoms with Gasteiger partial charge in [-0.15, -0.1) is 0 Å². The molecule has 1 fully saturated rings. The number of hydrogen-bond donors (Lipinski definition) is 1. The van der Waals surface area contributed by atoms with Gasteiger partial charge >= 0.3 is 6.09 Å². The van der Waals surface area contributed by atoms with Gasteiger partial charge in [0.2, 0.25) is 0 Å². The van der Waals surface area contributed by atoms with Crippen molar-refractivity contribution in [3.8, 4) is 5.75 Å². The zero-order valence-electron chi connectivity index (χ0n) is 10.8. The summed E-state index contributed by atoms with van der Waals surface area (Å²) in [6.07, 6.45) is 1.63. The molecule has 0 radical (unpaired) electrons. The van der Waals surface area contributed by atoms with Crippen molar-refractivity contribution in [1.82, 2.24) is 5.32 Å². The van der Waals surface area contributed by atoms with E-state index in [4.69, 9.17) is 9.47 Å². The van der Waals surface area contributed by atoms with E-state index in [2.05, 4.69) is 24.4 Å². The summed E-state index contributed by atoms with van der Waals surface area (Å²) in [5.74, 6) is 1.33. The summed E-state index contributed by atoms with van der Waals surface area (Å²) in [6.45, 7) is 2.82. The lowest BCUT2D eigenvalue weighted by atomic mass is 9.95. The quantitative estimate of drug-likeness (QED) is 0.872. The standard InChI is InChI=1S/C14H19NO3/c1-10(3-6-13-9-15-14(16)18-13)11-4-7-12(17-2)8-5-11/h4-5,7-8,10,13H,3,6,9H2,1-2H3,(H,15,16)/t10-,13-/m1/s1. The average molecular weight is 249 g/mol. The second kappa shape index (κ2) is 5.76. The van der Waals surface area contributed by atoms with Crippen LogP contribution < -0.4 is 10.1 Å². The van der Waals surface area contributed by atoms with Crippen LogP contribution in [0.15, 0.2) is 24.3 Å². The van der Waals surface area contributed by atoms with Crippen molar-refractivity contribution in [2.45, 2.75) is 31.8 Å². The fourth-order valence-electron chi connectivity index (χ4n) is 2.13. The highest BCUT2D eigenvalue weighted by Gasteiger charge is 2.22. The molecule has 0 bridgehead atoms. The first-order chi connectivity index (χ1) is 8.69. The van der Waals surface area contributed by atoms with Gasteiger partial charge in [0.1, 0.15) is 11.9 Å². The fourth-order valence-corrected chi connectivity index (χ4v) is 2.13. The van der Waals surface area contributed by atoms with Crippen molar-refractivity contribution in [3.63, 3.8) is 0 Å². The fraction of sp³-hybridized carbons (Fsp3) is 0.500. The topological polar surface area (TPSA) is 47.6 Å². The third kappa shape index (κ3) is 3.15. The molecule has 2 atom stereocenters. The molecule has 18 heavy (non-hydrogen) atoms. The molecule has 1 aromatic carbocycles. The van der Waals surface area contributed by atoms with Crippen LogP contribution >= 0.6 is 0 Å². The molecule has 1 aliphatic rings. The van der Waals surface area contributed by atoms with E-state index in [0.29, 0.717) is 12.5 Å². The van der Waals surface area contributed by atoms with Crippen molar-refractivity contribution >= 4 is 6.09 Å². The zero-order chi connectivity index (χ0) is 13.0. The van der Waals surface area contributed by atoms with Crippen LogP contribution in [0, 0.1) is 0 Å². The first kappa shape index (κ1) is 12.7. The third-order valence-electron chi connectivity index (χ3n) is 3.35. The van der Waals surface area contributed by atoms with Crippen LogP contribution in [-0.2, 0) is 4.74 Å². The van der Waals surface area contributed by atoms with Crippen LogP contribution in [-0.4, -0.2) is 25.9 Å². The maximum Gasteiger partial charge on any atom is 0.407 e. The van der Waals surface area contributed by atoms with Gasteiger partial charge in [0.25, 0.3) is 0 Å². The van der Waals surface area contributed by atoms with E-state index in [9.17, 15) is 4.79 Å². The number of ether oxygens (including phenoxy) is 2. The smallest absolute Gasteiger partial charge is 0.407 e. The molecule has 0 unspecified atom stereocenters. The number of carbonyl (C=O) groups excluding carboxylic acids is 1. The Morgan fingerprint density at radius 2 is 2.17 bits per heavy atom. The SMILES string of the molecule is COc1ccc([C@H](C)CC[C@@H]2CNC(=O)O2)cc1. The average Bonchev–Trinajstić information content (AvgIpc) is 2.82. The van der Waals surface area contributed by atoms with Gasteiger partial charge < -0.3 is 14.8 Å². The van der Waals surface area contributed by atoms with E-state index in [-0.39, 0.29) is 12.2 Å². The molecule has 1 heterocycles. The number of methoxy groups -OCH3 is 1. The molecule has 1 aliphatic heterocycles. The first-order valence-corrected chi connectivity index (χ1v) is 6.27. The first-order valence-electron chi connectivity index (χ1n) is 6.27. The molecule has 0 aliphatic carbocycles. The number of amides is 1. The van der Waals surface area contributed by atoms with Crippen LogP contribution in [0.5, 0.6) is 5.75 Å². The lowest BCUT2D eigenvalue weighted by molar-refractivity contribution is 0.133. The highest BCUT2D eigenvalue weighted by atomic mass is 16.6. The van der Waals surface area contributed by atoms with Gasteiger partial charge in [0, 0.05) is 0 Å². The molecule has 1 aromatic rings. The molecule has 4 heteroatoms. The number of rotatable bonds is 5. The normalized spacial score (nSPS) is 20.1. The summed E-state index contributed by atoms with van der Waals surface area (Å²) in [4.78, 5) is 10.9. The van der Waals surface area contributed by atoms with E-state index in [1.54, 1.807) is 7.11 Å². The van der Waals surface area contributed by atoms with Crippen molar-refractivity contribution < 1.29 is 14.3 Å². The molecule has 4 nitrogen and oxygen atoms in total. The summed E-state index contributed by atoms with van der Waals surface area (Å²) < 4.78 is 10.3. The number of cyclic esters (lactones) is 1. The van der Waals surface area contributed by atoms with Gasteiger partial charge in [-0.1, -0.05) is 19.1 Å². The Bertz CT molecular complexity index is 402. The van der Waals surface area contributed by atoms with Gasteiger partial charge in [0.05, 0.1) is 13.7 Å². The Morgan fingerprint density at radius 1 is 1.44 bits per heavy atom. The van der Waals surface area contributed by atoms with Crippen LogP contribution in [0.4, 0.5) is 4.79 Å². The number of hydrogen-bond acceptors (Lipinski definition) is 3. The van der Waals surface area contributed by atoms with Crippen LogP contribution in [0.3, 0.4) is 0 Å². The maximum absolute atomic E-state index is 10.9. The monoisotopic (exact) mass is 249 g/mol. The summed E-state index contributed by atoms with van der Waals surface area (Å²) in [5, 5.41) is 2.67. The largest absolute Gasteiger partial charge is 0.497 e. The Morgan fingerprint density at radius 3 is 2.72 bits per heavy atom. The number of alkyl carbamates (subject to hydrolysis) is 1. The minimum Gasteiger partial charge on any atom is -0.497 e. The molecule has 0 spiro atoms. The minimum absolute atomic E-state index is 0.0261. The van der Waals surface area contributed by atoms with Gasteiger partial charge in [-0.05, 0) is 36.5 Å². The summed E-state index contributed by atoms with van der Waals surface area (Å²) in [7, 11) is 1.67. The van der Waals surface area contributed by atoms with Gasteiger partial charge in [-0.2, -0.15) is 0 Å². The second-order valence-corrected chi connectivity index (χ2v) is 4.66. The van der Waals surface area contributed by atoms with Crippen LogP contribution in [0.2, 0.25) is 0 Å².